The van der Waals surface area contributed by atoms with E-state index in [1.165, 1.54) is 11.3 Å². The van der Waals surface area contributed by atoms with Gasteiger partial charge in [-0.2, -0.15) is 0 Å². The fourth-order valence-corrected chi connectivity index (χ4v) is 6.17. The molecule has 4 rings (SSSR count). The van der Waals surface area contributed by atoms with Crippen LogP contribution >= 0.6 is 11.3 Å². The molecule has 1 N–H and O–H groups in total. The number of rotatable bonds is 8. The normalized spacial score (nSPS) is 12.2. The average molecular weight is 428 g/mol. The molecule has 0 saturated carbocycles. The second-order valence-electron chi connectivity index (χ2n) is 7.01. The Morgan fingerprint density at radius 1 is 1.07 bits per heavy atom. The topological polar surface area (TPSA) is 54.3 Å². The lowest BCUT2D eigenvalue weighted by molar-refractivity contribution is 0.292. The van der Waals surface area contributed by atoms with E-state index in [1.807, 2.05) is 48.5 Å². The van der Waals surface area contributed by atoms with Crippen molar-refractivity contribution in [2.45, 2.75) is 25.3 Å². The van der Waals surface area contributed by atoms with Gasteiger partial charge in [-0.25, -0.2) is 8.42 Å². The van der Waals surface area contributed by atoms with E-state index in [2.05, 4.69) is 34.2 Å². The van der Waals surface area contributed by atoms with Crippen LogP contribution in [0.25, 0.3) is 21.0 Å². The molecule has 0 aliphatic rings. The highest BCUT2D eigenvalue weighted by atomic mass is 32.2. The molecular weight excluding hydrogens is 402 g/mol. The minimum absolute atomic E-state index is 0.329. The van der Waals surface area contributed by atoms with E-state index in [1.54, 1.807) is 5.38 Å². The standard InChI is InChI=1S/C22H25N3O2S2/c1-3-24(4-2)13-14-25-12-11-17-15-18(9-10-20(17)25)23-29(26,27)22-16-28-21-8-6-5-7-19(21)22/h5-12,15-16,23H,3-4,13-14H2,1-2H3. The van der Waals surface area contributed by atoms with Crippen molar-refractivity contribution >= 4 is 48.0 Å². The van der Waals surface area contributed by atoms with Crippen molar-refractivity contribution in [3.05, 3.63) is 60.1 Å². The van der Waals surface area contributed by atoms with Crippen molar-refractivity contribution in [3.63, 3.8) is 0 Å². The van der Waals surface area contributed by atoms with Gasteiger partial charge >= 0.3 is 0 Å². The highest BCUT2D eigenvalue weighted by Gasteiger charge is 2.19. The zero-order chi connectivity index (χ0) is 20.4. The van der Waals surface area contributed by atoms with Crippen LogP contribution in [0, 0.1) is 0 Å². The van der Waals surface area contributed by atoms with Crippen LogP contribution in [0.3, 0.4) is 0 Å². The number of nitrogens with one attached hydrogen (secondary N) is 1. The molecule has 152 valence electrons. The Bertz CT molecular complexity index is 1240. The van der Waals surface area contributed by atoms with Gasteiger partial charge in [0.2, 0.25) is 0 Å². The van der Waals surface area contributed by atoms with Crippen LogP contribution in [0.1, 0.15) is 13.8 Å². The largest absolute Gasteiger partial charge is 0.346 e. The summed E-state index contributed by atoms with van der Waals surface area (Å²) in [5.41, 5.74) is 1.69. The molecule has 0 aliphatic carbocycles. The van der Waals surface area contributed by atoms with Gasteiger partial charge in [-0.3, -0.25) is 4.72 Å². The third-order valence-corrected chi connectivity index (χ3v) is 7.84. The summed E-state index contributed by atoms with van der Waals surface area (Å²) < 4.78 is 31.8. The first-order chi connectivity index (χ1) is 14.0. The van der Waals surface area contributed by atoms with E-state index in [0.29, 0.717) is 10.6 Å². The number of anilines is 1. The Balaban J connectivity index is 1.57. The van der Waals surface area contributed by atoms with Crippen LogP contribution in [-0.4, -0.2) is 37.5 Å². The van der Waals surface area contributed by atoms with E-state index in [0.717, 1.165) is 47.2 Å². The summed E-state index contributed by atoms with van der Waals surface area (Å²) in [6.45, 7) is 8.34. The van der Waals surface area contributed by atoms with E-state index in [-0.39, 0.29) is 0 Å². The predicted octanol–water partition coefficient (Wildman–Crippen LogP) is 5.00. The molecule has 2 heterocycles. The molecule has 5 nitrogen and oxygen atoms in total. The van der Waals surface area contributed by atoms with Crippen molar-refractivity contribution in [2.75, 3.05) is 24.4 Å². The fraction of sp³-hybridized carbons (Fsp3) is 0.273. The van der Waals surface area contributed by atoms with Crippen LogP contribution in [0.4, 0.5) is 5.69 Å². The number of hydrogen-bond donors (Lipinski definition) is 1. The number of nitrogens with zero attached hydrogens (tertiary/aromatic N) is 2. The number of sulfonamides is 1. The van der Waals surface area contributed by atoms with Gasteiger partial charge in [-0.15, -0.1) is 11.3 Å². The predicted molar refractivity (Wildman–Crippen MR) is 122 cm³/mol. The van der Waals surface area contributed by atoms with Crippen LogP contribution < -0.4 is 4.72 Å². The SMILES string of the molecule is CCN(CC)CCn1ccc2cc(NS(=O)(=O)c3csc4ccccc34)ccc21. The smallest absolute Gasteiger partial charge is 0.263 e. The molecule has 0 amide bonds. The third kappa shape index (κ3) is 4.03. The molecule has 4 aromatic rings. The maximum Gasteiger partial charge on any atom is 0.263 e. The zero-order valence-electron chi connectivity index (χ0n) is 16.6. The number of thiophene rings is 1. The monoisotopic (exact) mass is 427 g/mol. The molecule has 0 radical (unpaired) electrons. The Hall–Kier alpha value is -2.35. The summed E-state index contributed by atoms with van der Waals surface area (Å²) in [5.74, 6) is 0. The molecule has 0 bridgehead atoms. The Morgan fingerprint density at radius 3 is 2.66 bits per heavy atom. The van der Waals surface area contributed by atoms with Gasteiger partial charge in [0, 0.05) is 51.3 Å². The molecule has 0 fully saturated rings. The van der Waals surface area contributed by atoms with Gasteiger partial charge in [0.15, 0.2) is 0 Å². The lowest BCUT2D eigenvalue weighted by atomic mass is 10.2. The summed E-state index contributed by atoms with van der Waals surface area (Å²) in [6, 6.07) is 15.3. The van der Waals surface area contributed by atoms with Crippen molar-refractivity contribution in [2.24, 2.45) is 0 Å². The molecule has 7 heteroatoms. The van der Waals surface area contributed by atoms with Gasteiger partial charge < -0.3 is 9.47 Å². The maximum absolute atomic E-state index is 12.9. The minimum atomic E-state index is -3.64. The summed E-state index contributed by atoms with van der Waals surface area (Å²) in [7, 11) is -3.64. The molecule has 0 spiro atoms. The van der Waals surface area contributed by atoms with Gasteiger partial charge in [0.05, 0.1) is 0 Å². The van der Waals surface area contributed by atoms with E-state index in [9.17, 15) is 8.42 Å². The zero-order valence-corrected chi connectivity index (χ0v) is 18.3. The molecule has 0 atom stereocenters. The van der Waals surface area contributed by atoms with Crippen molar-refractivity contribution in [1.29, 1.82) is 0 Å². The van der Waals surface area contributed by atoms with Crippen molar-refractivity contribution < 1.29 is 8.42 Å². The van der Waals surface area contributed by atoms with Gasteiger partial charge in [0.25, 0.3) is 10.0 Å². The van der Waals surface area contributed by atoms with Crippen LogP contribution in [0.15, 0.2) is 65.0 Å². The lowest BCUT2D eigenvalue weighted by Gasteiger charge is -2.18. The molecule has 0 aliphatic heterocycles. The Labute approximate surface area is 175 Å². The number of hydrogen-bond acceptors (Lipinski definition) is 4. The van der Waals surface area contributed by atoms with Crippen molar-refractivity contribution in [3.8, 4) is 0 Å². The molecule has 29 heavy (non-hydrogen) atoms. The molecule has 0 saturated heterocycles. The van der Waals surface area contributed by atoms with E-state index >= 15 is 0 Å². The number of likely N-dealkylation sites (N-methyl/N-ethyl adjacent to an activating group) is 1. The maximum atomic E-state index is 12.9. The van der Waals surface area contributed by atoms with Gasteiger partial charge in [-0.1, -0.05) is 32.0 Å². The van der Waals surface area contributed by atoms with E-state index in [4.69, 9.17) is 0 Å². The number of benzene rings is 2. The summed E-state index contributed by atoms with van der Waals surface area (Å²) in [4.78, 5) is 2.72. The molecular formula is C22H25N3O2S2. The van der Waals surface area contributed by atoms with Crippen LogP contribution in [-0.2, 0) is 16.6 Å². The van der Waals surface area contributed by atoms with Crippen LogP contribution in [0.5, 0.6) is 0 Å². The molecule has 2 aromatic heterocycles. The summed E-state index contributed by atoms with van der Waals surface area (Å²) >= 11 is 1.44. The first-order valence-corrected chi connectivity index (χ1v) is 12.2. The number of aromatic nitrogens is 1. The Kier molecular flexibility index (Phi) is 5.63. The quantitative estimate of drug-likeness (QED) is 0.431. The van der Waals surface area contributed by atoms with Crippen LogP contribution in [0.2, 0.25) is 0 Å². The second-order valence-corrected chi connectivity index (χ2v) is 9.57. The Morgan fingerprint density at radius 2 is 1.86 bits per heavy atom. The second kappa shape index (κ2) is 8.18. The fourth-order valence-electron chi connectivity index (χ4n) is 3.62. The lowest BCUT2D eigenvalue weighted by Crippen LogP contribution is -2.26. The van der Waals surface area contributed by atoms with Gasteiger partial charge in [0.1, 0.15) is 4.90 Å². The highest BCUT2D eigenvalue weighted by Crippen LogP contribution is 2.31. The average Bonchev–Trinajstić information content (AvgIpc) is 3.33. The first-order valence-electron chi connectivity index (χ1n) is 9.82. The summed E-state index contributed by atoms with van der Waals surface area (Å²) in [5, 5.41) is 3.49. The number of fused-ring (bicyclic) bond motifs is 2. The third-order valence-electron chi connectivity index (χ3n) is 5.31. The molecule has 2 aromatic carbocycles. The first kappa shape index (κ1) is 19.9. The summed E-state index contributed by atoms with van der Waals surface area (Å²) in [6.07, 6.45) is 2.07. The highest BCUT2D eigenvalue weighted by molar-refractivity contribution is 7.93. The van der Waals surface area contributed by atoms with Crippen molar-refractivity contribution in [1.82, 2.24) is 9.47 Å². The minimum Gasteiger partial charge on any atom is -0.346 e. The van der Waals surface area contributed by atoms with E-state index < -0.39 is 10.0 Å². The van der Waals surface area contributed by atoms with Gasteiger partial charge in [-0.05, 0) is 43.4 Å². The molecule has 0 unspecified atom stereocenters.